The molecular formula is C13H28N2. The molecule has 0 saturated heterocycles. The fraction of sp³-hybridized carbons (Fsp3) is 1.00. The molecule has 1 saturated carbocycles. The van der Waals surface area contributed by atoms with Gasteiger partial charge in [0, 0.05) is 6.04 Å². The molecule has 1 atom stereocenters. The van der Waals surface area contributed by atoms with Gasteiger partial charge in [-0.15, -0.1) is 0 Å². The van der Waals surface area contributed by atoms with E-state index < -0.39 is 0 Å². The Hall–Kier alpha value is -0.0800. The van der Waals surface area contributed by atoms with E-state index in [1.807, 2.05) is 0 Å². The summed E-state index contributed by atoms with van der Waals surface area (Å²) in [6.45, 7) is 8.17. The van der Waals surface area contributed by atoms with Crippen molar-refractivity contribution in [3.8, 4) is 0 Å². The normalized spacial score (nSPS) is 18.0. The summed E-state index contributed by atoms with van der Waals surface area (Å²) in [5.74, 6) is 0.887. The maximum atomic E-state index is 3.58. The molecule has 2 nitrogen and oxygen atoms in total. The topological polar surface area (TPSA) is 24.1 Å². The predicted molar refractivity (Wildman–Crippen MR) is 67.2 cm³/mol. The van der Waals surface area contributed by atoms with Gasteiger partial charge in [-0.05, 0) is 57.7 Å². The van der Waals surface area contributed by atoms with Crippen molar-refractivity contribution < 1.29 is 0 Å². The van der Waals surface area contributed by atoms with Crippen LogP contribution < -0.4 is 10.6 Å². The third-order valence-electron chi connectivity index (χ3n) is 3.24. The van der Waals surface area contributed by atoms with E-state index in [1.54, 1.807) is 0 Å². The number of hydrogen-bond donors (Lipinski definition) is 2. The predicted octanol–water partition coefficient (Wildman–Crippen LogP) is 2.54. The van der Waals surface area contributed by atoms with Crippen molar-refractivity contribution in [3.05, 3.63) is 0 Å². The smallest absolute Gasteiger partial charge is 0.00682 e. The second-order valence-electron chi connectivity index (χ2n) is 4.85. The van der Waals surface area contributed by atoms with Gasteiger partial charge < -0.3 is 10.6 Å². The van der Waals surface area contributed by atoms with Crippen molar-refractivity contribution in [2.24, 2.45) is 5.92 Å². The van der Waals surface area contributed by atoms with Crippen molar-refractivity contribution in [2.75, 3.05) is 19.6 Å². The molecule has 0 heterocycles. The van der Waals surface area contributed by atoms with Crippen LogP contribution in [0.3, 0.4) is 0 Å². The Morgan fingerprint density at radius 3 is 2.60 bits per heavy atom. The fourth-order valence-corrected chi connectivity index (χ4v) is 1.92. The van der Waals surface area contributed by atoms with Gasteiger partial charge in [0.1, 0.15) is 0 Å². The Morgan fingerprint density at radius 2 is 2.00 bits per heavy atom. The minimum atomic E-state index is 0.878. The molecule has 0 amide bonds. The highest BCUT2D eigenvalue weighted by atomic mass is 14.9. The van der Waals surface area contributed by atoms with Crippen LogP contribution >= 0.6 is 0 Å². The zero-order valence-electron chi connectivity index (χ0n) is 10.5. The molecule has 0 aromatic carbocycles. The summed E-state index contributed by atoms with van der Waals surface area (Å²) in [6, 6.07) is 0.878. The van der Waals surface area contributed by atoms with Gasteiger partial charge in [0.15, 0.2) is 0 Å². The van der Waals surface area contributed by atoms with Gasteiger partial charge in [-0.25, -0.2) is 0 Å². The molecule has 0 aromatic rings. The van der Waals surface area contributed by atoms with E-state index in [0.29, 0.717) is 0 Å². The number of hydrogen-bond acceptors (Lipinski definition) is 2. The van der Waals surface area contributed by atoms with Gasteiger partial charge >= 0.3 is 0 Å². The molecule has 1 rings (SSSR count). The minimum absolute atomic E-state index is 0.878. The van der Waals surface area contributed by atoms with Crippen molar-refractivity contribution in [3.63, 3.8) is 0 Å². The third-order valence-corrected chi connectivity index (χ3v) is 3.24. The zero-order chi connectivity index (χ0) is 10.9. The van der Waals surface area contributed by atoms with E-state index >= 15 is 0 Å². The van der Waals surface area contributed by atoms with Crippen LogP contribution in [0.15, 0.2) is 0 Å². The first kappa shape index (κ1) is 13.0. The summed E-state index contributed by atoms with van der Waals surface area (Å²) in [5, 5.41) is 7.11. The molecule has 0 aromatic heterocycles. The largest absolute Gasteiger partial charge is 0.316 e. The third kappa shape index (κ3) is 6.91. The van der Waals surface area contributed by atoms with Crippen LogP contribution in [0.5, 0.6) is 0 Å². The summed E-state index contributed by atoms with van der Waals surface area (Å²) >= 11 is 0. The molecule has 90 valence electrons. The van der Waals surface area contributed by atoms with E-state index in [0.717, 1.165) is 12.0 Å². The second kappa shape index (κ2) is 8.12. The molecule has 1 fully saturated rings. The Bertz CT molecular complexity index is 143. The average Bonchev–Trinajstić information content (AvgIpc) is 3.05. The quantitative estimate of drug-likeness (QED) is 0.544. The summed E-state index contributed by atoms with van der Waals surface area (Å²) in [6.07, 6.45) is 8.13. The van der Waals surface area contributed by atoms with Crippen LogP contribution in [0.1, 0.15) is 52.4 Å². The summed E-state index contributed by atoms with van der Waals surface area (Å²) in [4.78, 5) is 0. The van der Waals surface area contributed by atoms with Gasteiger partial charge in [-0.2, -0.15) is 0 Å². The van der Waals surface area contributed by atoms with E-state index in [-0.39, 0.29) is 0 Å². The SMILES string of the molecule is CCCNCC(CC)CCCNC1CC1. The van der Waals surface area contributed by atoms with Crippen LogP contribution in [-0.2, 0) is 0 Å². The van der Waals surface area contributed by atoms with Crippen molar-refractivity contribution in [1.82, 2.24) is 10.6 Å². The molecular weight excluding hydrogens is 184 g/mol. The van der Waals surface area contributed by atoms with Crippen LogP contribution in [0, 0.1) is 5.92 Å². The van der Waals surface area contributed by atoms with Crippen LogP contribution in [-0.4, -0.2) is 25.7 Å². The van der Waals surface area contributed by atoms with Gasteiger partial charge in [-0.1, -0.05) is 20.3 Å². The molecule has 1 aliphatic rings. The van der Waals surface area contributed by atoms with Crippen molar-refractivity contribution in [2.45, 2.75) is 58.4 Å². The molecule has 1 unspecified atom stereocenters. The van der Waals surface area contributed by atoms with Crippen LogP contribution in [0.25, 0.3) is 0 Å². The highest BCUT2D eigenvalue weighted by Crippen LogP contribution is 2.18. The Kier molecular flexibility index (Phi) is 7.03. The lowest BCUT2D eigenvalue weighted by atomic mass is 10.0. The van der Waals surface area contributed by atoms with Gasteiger partial charge in [-0.3, -0.25) is 0 Å². The maximum Gasteiger partial charge on any atom is 0.00682 e. The van der Waals surface area contributed by atoms with Gasteiger partial charge in [0.2, 0.25) is 0 Å². The molecule has 15 heavy (non-hydrogen) atoms. The lowest BCUT2D eigenvalue weighted by Crippen LogP contribution is -2.24. The first-order valence-electron chi connectivity index (χ1n) is 6.80. The second-order valence-corrected chi connectivity index (χ2v) is 4.85. The summed E-state index contributed by atoms with van der Waals surface area (Å²) in [7, 11) is 0. The molecule has 2 heteroatoms. The molecule has 2 N–H and O–H groups in total. The first-order chi connectivity index (χ1) is 7.36. The Morgan fingerprint density at radius 1 is 1.20 bits per heavy atom. The van der Waals surface area contributed by atoms with Crippen molar-refractivity contribution >= 4 is 0 Å². The molecule has 0 bridgehead atoms. The highest BCUT2D eigenvalue weighted by molar-refractivity contribution is 4.80. The molecule has 0 aliphatic heterocycles. The highest BCUT2D eigenvalue weighted by Gasteiger charge is 2.19. The lowest BCUT2D eigenvalue weighted by molar-refractivity contribution is 0.416. The number of nitrogens with one attached hydrogen (secondary N) is 2. The fourth-order valence-electron chi connectivity index (χ4n) is 1.92. The van der Waals surface area contributed by atoms with E-state index in [4.69, 9.17) is 0 Å². The van der Waals surface area contributed by atoms with Crippen molar-refractivity contribution in [1.29, 1.82) is 0 Å². The van der Waals surface area contributed by atoms with Gasteiger partial charge in [0.05, 0.1) is 0 Å². The minimum Gasteiger partial charge on any atom is -0.316 e. The van der Waals surface area contributed by atoms with Crippen LogP contribution in [0.4, 0.5) is 0 Å². The zero-order valence-corrected chi connectivity index (χ0v) is 10.5. The maximum absolute atomic E-state index is 3.58. The standard InChI is InChI=1S/C13H28N2/c1-3-9-14-11-12(4-2)6-5-10-15-13-7-8-13/h12-15H,3-11H2,1-2H3. The lowest BCUT2D eigenvalue weighted by Gasteiger charge is -2.15. The van der Waals surface area contributed by atoms with Gasteiger partial charge in [0.25, 0.3) is 0 Å². The number of rotatable bonds is 10. The Balaban J connectivity index is 1.89. The molecule has 0 radical (unpaired) electrons. The van der Waals surface area contributed by atoms with E-state index in [1.165, 1.54) is 58.2 Å². The summed E-state index contributed by atoms with van der Waals surface area (Å²) < 4.78 is 0. The van der Waals surface area contributed by atoms with E-state index in [2.05, 4.69) is 24.5 Å². The van der Waals surface area contributed by atoms with Crippen LogP contribution in [0.2, 0.25) is 0 Å². The Labute approximate surface area is 95.2 Å². The summed E-state index contributed by atoms with van der Waals surface area (Å²) in [5.41, 5.74) is 0. The monoisotopic (exact) mass is 212 g/mol. The molecule has 0 spiro atoms. The van der Waals surface area contributed by atoms with E-state index in [9.17, 15) is 0 Å². The average molecular weight is 212 g/mol. The molecule has 1 aliphatic carbocycles. The first-order valence-corrected chi connectivity index (χ1v) is 6.80.